The number of halogens is 2. The van der Waals surface area contributed by atoms with E-state index in [1.807, 2.05) is 17.0 Å². The largest absolute Gasteiger partial charge is 0.489 e. The van der Waals surface area contributed by atoms with Gasteiger partial charge in [-0.3, -0.25) is 9.48 Å². The molecule has 0 bridgehead atoms. The Kier molecular flexibility index (Phi) is 6.05. The quantitative estimate of drug-likeness (QED) is 0.596. The molecular formula is C18H17BrFN3O2S. The number of nitrogens with one attached hydrogen (secondary N) is 1. The van der Waals surface area contributed by atoms with Crippen LogP contribution in [0.15, 0.2) is 46.4 Å². The Labute approximate surface area is 162 Å². The molecule has 0 aliphatic rings. The third kappa shape index (κ3) is 4.50. The number of carbonyl (C=O) groups excluding carboxylic acids is 1. The first kappa shape index (κ1) is 18.6. The number of nitrogens with zero attached hydrogens (tertiary/aromatic N) is 2. The molecule has 8 heteroatoms. The van der Waals surface area contributed by atoms with E-state index in [4.69, 9.17) is 4.74 Å². The SMILES string of the molecule is CCn1ncc(Br)c1CNC(=O)c1cc(COc2cccc(F)c2)cs1. The van der Waals surface area contributed by atoms with Crippen LogP contribution >= 0.6 is 27.3 Å². The molecule has 0 radical (unpaired) electrons. The average molecular weight is 438 g/mol. The smallest absolute Gasteiger partial charge is 0.261 e. The van der Waals surface area contributed by atoms with Gasteiger partial charge in [-0.2, -0.15) is 5.10 Å². The minimum Gasteiger partial charge on any atom is -0.489 e. The van der Waals surface area contributed by atoms with Gasteiger partial charge in [0.1, 0.15) is 18.2 Å². The second kappa shape index (κ2) is 8.46. The molecule has 2 aromatic heterocycles. The fourth-order valence-corrected chi connectivity index (χ4v) is 3.63. The molecule has 0 spiro atoms. The lowest BCUT2D eigenvalue weighted by molar-refractivity contribution is 0.0954. The van der Waals surface area contributed by atoms with E-state index in [2.05, 4.69) is 26.3 Å². The summed E-state index contributed by atoms with van der Waals surface area (Å²) in [5.41, 5.74) is 1.79. The van der Waals surface area contributed by atoms with Gasteiger partial charge in [0.2, 0.25) is 0 Å². The summed E-state index contributed by atoms with van der Waals surface area (Å²) in [5, 5.41) is 8.99. The molecule has 5 nitrogen and oxygen atoms in total. The summed E-state index contributed by atoms with van der Waals surface area (Å²) in [5.74, 6) is -0.0343. The predicted octanol–water partition coefficient (Wildman–Crippen LogP) is 4.38. The summed E-state index contributed by atoms with van der Waals surface area (Å²) in [6.45, 7) is 3.40. The zero-order valence-corrected chi connectivity index (χ0v) is 16.4. The summed E-state index contributed by atoms with van der Waals surface area (Å²) in [6, 6.07) is 7.76. The number of ether oxygens (including phenoxy) is 1. The van der Waals surface area contributed by atoms with Crippen molar-refractivity contribution < 1.29 is 13.9 Å². The molecule has 3 aromatic rings. The monoisotopic (exact) mass is 437 g/mol. The van der Waals surface area contributed by atoms with E-state index < -0.39 is 0 Å². The molecule has 3 rings (SSSR count). The number of benzene rings is 1. The van der Waals surface area contributed by atoms with Crippen molar-refractivity contribution in [2.75, 3.05) is 0 Å². The predicted molar refractivity (Wildman–Crippen MR) is 102 cm³/mol. The van der Waals surface area contributed by atoms with Gasteiger partial charge < -0.3 is 10.1 Å². The molecular weight excluding hydrogens is 421 g/mol. The second-order valence-electron chi connectivity index (χ2n) is 5.50. The Hall–Kier alpha value is -2.19. The van der Waals surface area contributed by atoms with Gasteiger partial charge in [0.15, 0.2) is 0 Å². The van der Waals surface area contributed by atoms with Gasteiger partial charge in [-0.1, -0.05) is 6.07 Å². The number of hydrogen-bond acceptors (Lipinski definition) is 4. The van der Waals surface area contributed by atoms with Gasteiger partial charge in [-0.25, -0.2) is 4.39 Å². The molecule has 0 saturated heterocycles. The van der Waals surface area contributed by atoms with Crippen LogP contribution in [0.1, 0.15) is 27.9 Å². The highest BCUT2D eigenvalue weighted by Crippen LogP contribution is 2.19. The first-order valence-electron chi connectivity index (χ1n) is 8.01. The van der Waals surface area contributed by atoms with E-state index in [-0.39, 0.29) is 18.3 Å². The first-order valence-corrected chi connectivity index (χ1v) is 9.68. The van der Waals surface area contributed by atoms with E-state index in [0.717, 1.165) is 22.3 Å². The number of rotatable bonds is 7. The van der Waals surface area contributed by atoms with Gasteiger partial charge in [0.05, 0.1) is 27.8 Å². The highest BCUT2D eigenvalue weighted by molar-refractivity contribution is 9.10. The highest BCUT2D eigenvalue weighted by Gasteiger charge is 2.13. The number of hydrogen-bond donors (Lipinski definition) is 1. The normalized spacial score (nSPS) is 10.7. The molecule has 0 fully saturated rings. The average Bonchev–Trinajstić information content (AvgIpc) is 3.24. The number of amides is 1. The van der Waals surface area contributed by atoms with Gasteiger partial charge in [0.25, 0.3) is 5.91 Å². The highest BCUT2D eigenvalue weighted by atomic mass is 79.9. The summed E-state index contributed by atoms with van der Waals surface area (Å²) in [7, 11) is 0. The van der Waals surface area contributed by atoms with Gasteiger partial charge in [0, 0.05) is 18.2 Å². The minimum absolute atomic E-state index is 0.150. The van der Waals surface area contributed by atoms with Crippen LogP contribution in [0.25, 0.3) is 0 Å². The van der Waals surface area contributed by atoms with E-state index in [0.29, 0.717) is 17.2 Å². The molecule has 1 amide bonds. The van der Waals surface area contributed by atoms with Crippen molar-refractivity contribution in [3.05, 3.63) is 68.3 Å². The molecule has 0 aliphatic heterocycles. The van der Waals surface area contributed by atoms with Crippen LogP contribution < -0.4 is 10.1 Å². The molecule has 1 N–H and O–H groups in total. The zero-order chi connectivity index (χ0) is 18.5. The van der Waals surface area contributed by atoms with Crippen molar-refractivity contribution in [1.82, 2.24) is 15.1 Å². The summed E-state index contributed by atoms with van der Waals surface area (Å²) in [4.78, 5) is 12.9. The van der Waals surface area contributed by atoms with Crippen LogP contribution in [0, 0.1) is 5.82 Å². The van der Waals surface area contributed by atoms with E-state index in [1.54, 1.807) is 24.4 Å². The lowest BCUT2D eigenvalue weighted by atomic mass is 10.3. The zero-order valence-electron chi connectivity index (χ0n) is 14.0. The van der Waals surface area contributed by atoms with Crippen molar-refractivity contribution in [2.24, 2.45) is 0 Å². The number of carbonyl (C=O) groups is 1. The van der Waals surface area contributed by atoms with Crippen LogP contribution in [0.3, 0.4) is 0 Å². The number of thiophene rings is 1. The Morgan fingerprint density at radius 1 is 1.42 bits per heavy atom. The van der Waals surface area contributed by atoms with Gasteiger partial charge >= 0.3 is 0 Å². The molecule has 1 aromatic carbocycles. The summed E-state index contributed by atoms with van der Waals surface area (Å²) in [6.07, 6.45) is 1.72. The van der Waals surface area contributed by atoms with Crippen molar-refractivity contribution in [3.63, 3.8) is 0 Å². The molecule has 136 valence electrons. The number of aromatic nitrogens is 2. The fraction of sp³-hybridized carbons (Fsp3) is 0.222. The van der Waals surface area contributed by atoms with Gasteiger partial charge in [-0.15, -0.1) is 11.3 Å². The Morgan fingerprint density at radius 3 is 3.04 bits per heavy atom. The molecule has 26 heavy (non-hydrogen) atoms. The lowest BCUT2D eigenvalue weighted by Gasteiger charge is -2.07. The van der Waals surface area contributed by atoms with Crippen molar-refractivity contribution in [2.45, 2.75) is 26.6 Å². The topological polar surface area (TPSA) is 56.2 Å². The Bertz CT molecular complexity index is 909. The third-order valence-electron chi connectivity index (χ3n) is 3.69. The maximum atomic E-state index is 13.1. The van der Waals surface area contributed by atoms with Crippen molar-refractivity contribution >= 4 is 33.2 Å². The lowest BCUT2D eigenvalue weighted by Crippen LogP contribution is -2.23. The first-order chi connectivity index (χ1) is 12.6. The maximum Gasteiger partial charge on any atom is 0.261 e. The van der Waals surface area contributed by atoms with Crippen LogP contribution in [0.5, 0.6) is 5.75 Å². The fourth-order valence-electron chi connectivity index (χ4n) is 2.38. The maximum absolute atomic E-state index is 13.1. The Balaban J connectivity index is 1.56. The van der Waals surface area contributed by atoms with Gasteiger partial charge in [-0.05, 0) is 46.4 Å². The minimum atomic E-state index is -0.342. The van der Waals surface area contributed by atoms with Crippen molar-refractivity contribution in [1.29, 1.82) is 0 Å². The molecule has 0 unspecified atom stereocenters. The van der Waals surface area contributed by atoms with E-state index in [9.17, 15) is 9.18 Å². The van der Waals surface area contributed by atoms with Crippen molar-refractivity contribution in [3.8, 4) is 5.75 Å². The number of aryl methyl sites for hydroxylation is 1. The molecule has 0 aliphatic carbocycles. The summed E-state index contributed by atoms with van der Waals surface area (Å²) < 4.78 is 21.4. The molecule has 2 heterocycles. The van der Waals surface area contributed by atoms with Crippen LogP contribution in [-0.4, -0.2) is 15.7 Å². The molecule has 0 atom stereocenters. The van der Waals surface area contributed by atoms with Crippen LogP contribution in [0.2, 0.25) is 0 Å². The van der Waals surface area contributed by atoms with E-state index in [1.165, 1.54) is 23.5 Å². The third-order valence-corrected chi connectivity index (χ3v) is 5.33. The summed E-state index contributed by atoms with van der Waals surface area (Å²) >= 11 is 4.79. The Morgan fingerprint density at radius 2 is 2.27 bits per heavy atom. The van der Waals surface area contributed by atoms with Crippen LogP contribution in [0.4, 0.5) is 4.39 Å². The van der Waals surface area contributed by atoms with Crippen LogP contribution in [-0.2, 0) is 19.7 Å². The van der Waals surface area contributed by atoms with E-state index >= 15 is 0 Å². The molecule has 0 saturated carbocycles. The second-order valence-corrected chi connectivity index (χ2v) is 7.27. The standard InChI is InChI=1S/C18H17BrFN3O2S/c1-2-23-16(15(19)8-22-23)9-21-18(24)17-6-12(11-26-17)10-25-14-5-3-4-13(20)7-14/h3-8,11H,2,9-10H2,1H3,(H,21,24).